The standard InChI is InChI=1S/C25H21ClFN3O3S/c1-33-21-11-5-16(6-12-21)15-30-23(31)14-22(24(32)28-20-4-2-3-17(26)13-20)34-25(30)29-19-9-7-18(27)8-10-19/h2-13,22H,14-15H2,1H3,(H,28,32)/t22-/m0/s1. The van der Waals surface area contributed by atoms with E-state index in [1.54, 1.807) is 36.3 Å². The lowest BCUT2D eigenvalue weighted by Gasteiger charge is -2.32. The van der Waals surface area contributed by atoms with Crippen molar-refractivity contribution in [1.29, 1.82) is 0 Å². The van der Waals surface area contributed by atoms with E-state index in [0.29, 0.717) is 27.3 Å². The normalized spacial score (nSPS) is 17.0. The van der Waals surface area contributed by atoms with E-state index in [1.165, 1.54) is 36.0 Å². The summed E-state index contributed by atoms with van der Waals surface area (Å²) in [6, 6.07) is 19.8. The number of hydrogen-bond donors (Lipinski definition) is 1. The van der Waals surface area contributed by atoms with Crippen molar-refractivity contribution in [3.05, 3.63) is 89.2 Å². The number of aliphatic imine (C=N–C) groups is 1. The Bertz CT molecular complexity index is 1220. The highest BCUT2D eigenvalue weighted by Gasteiger charge is 2.36. The van der Waals surface area contributed by atoms with Gasteiger partial charge in [-0.25, -0.2) is 9.38 Å². The molecule has 1 aliphatic rings. The predicted octanol–water partition coefficient (Wildman–Crippen LogP) is 5.65. The van der Waals surface area contributed by atoms with Crippen LogP contribution in [-0.4, -0.2) is 34.2 Å². The third-order valence-electron chi connectivity index (χ3n) is 5.08. The SMILES string of the molecule is COc1ccc(CN2C(=O)C[C@@H](C(=O)Nc3cccc(Cl)c3)SC2=Nc2ccc(F)cc2)cc1. The summed E-state index contributed by atoms with van der Waals surface area (Å²) < 4.78 is 18.6. The molecule has 1 heterocycles. The topological polar surface area (TPSA) is 71.0 Å². The number of carbonyl (C=O) groups excluding carboxylic acids is 2. The monoisotopic (exact) mass is 497 g/mol. The van der Waals surface area contributed by atoms with Gasteiger partial charge in [0.2, 0.25) is 11.8 Å². The van der Waals surface area contributed by atoms with Gasteiger partial charge in [-0.3, -0.25) is 14.5 Å². The molecule has 1 aliphatic heterocycles. The number of anilines is 1. The van der Waals surface area contributed by atoms with Gasteiger partial charge in [0.1, 0.15) is 16.8 Å². The molecule has 4 rings (SSSR count). The summed E-state index contributed by atoms with van der Waals surface area (Å²) in [7, 11) is 1.59. The molecule has 0 bridgehead atoms. The molecule has 0 saturated carbocycles. The quantitative estimate of drug-likeness (QED) is 0.478. The Morgan fingerprint density at radius 2 is 1.91 bits per heavy atom. The van der Waals surface area contributed by atoms with Crippen LogP contribution in [0.1, 0.15) is 12.0 Å². The first-order valence-corrected chi connectivity index (χ1v) is 11.7. The third kappa shape index (κ3) is 5.95. The number of methoxy groups -OCH3 is 1. The Morgan fingerprint density at radius 1 is 1.18 bits per heavy atom. The Morgan fingerprint density at radius 3 is 2.59 bits per heavy atom. The van der Waals surface area contributed by atoms with Gasteiger partial charge in [-0.15, -0.1) is 0 Å². The van der Waals surface area contributed by atoms with E-state index < -0.39 is 5.25 Å². The van der Waals surface area contributed by atoms with E-state index in [-0.39, 0.29) is 30.6 Å². The minimum atomic E-state index is -0.683. The molecule has 1 N–H and O–H groups in total. The fourth-order valence-corrected chi connectivity index (χ4v) is 4.61. The van der Waals surface area contributed by atoms with Crippen LogP contribution in [0.4, 0.5) is 15.8 Å². The van der Waals surface area contributed by atoms with E-state index >= 15 is 0 Å². The van der Waals surface area contributed by atoms with Crippen LogP contribution in [0.5, 0.6) is 5.75 Å². The number of nitrogens with zero attached hydrogens (tertiary/aromatic N) is 2. The molecule has 1 fully saturated rings. The molecular weight excluding hydrogens is 477 g/mol. The first-order valence-electron chi connectivity index (χ1n) is 10.4. The molecule has 0 aliphatic carbocycles. The van der Waals surface area contributed by atoms with Crippen LogP contribution < -0.4 is 10.1 Å². The summed E-state index contributed by atoms with van der Waals surface area (Å²) in [6.45, 7) is 0.276. The van der Waals surface area contributed by atoms with Crippen LogP contribution in [0.15, 0.2) is 77.8 Å². The molecule has 3 aromatic rings. The number of carbonyl (C=O) groups is 2. The highest BCUT2D eigenvalue weighted by Crippen LogP contribution is 2.31. The molecule has 174 valence electrons. The molecule has 6 nitrogen and oxygen atoms in total. The molecule has 2 amide bonds. The largest absolute Gasteiger partial charge is 0.497 e. The summed E-state index contributed by atoms with van der Waals surface area (Å²) in [5.74, 6) is -0.232. The second-order valence-corrected chi connectivity index (χ2v) is 9.12. The number of nitrogens with one attached hydrogen (secondary N) is 1. The van der Waals surface area contributed by atoms with E-state index in [0.717, 1.165) is 5.56 Å². The lowest BCUT2D eigenvalue weighted by atomic mass is 10.2. The molecule has 1 atom stereocenters. The van der Waals surface area contributed by atoms with Gasteiger partial charge in [0, 0.05) is 17.1 Å². The molecule has 0 radical (unpaired) electrons. The zero-order chi connectivity index (χ0) is 24.1. The highest BCUT2D eigenvalue weighted by atomic mass is 35.5. The van der Waals surface area contributed by atoms with Crippen molar-refractivity contribution in [3.8, 4) is 5.75 Å². The summed E-state index contributed by atoms with van der Waals surface area (Å²) >= 11 is 7.20. The van der Waals surface area contributed by atoms with Crippen LogP contribution in [0.3, 0.4) is 0 Å². The average molecular weight is 498 g/mol. The Kier molecular flexibility index (Phi) is 7.49. The number of halogens is 2. The molecule has 1 saturated heterocycles. The lowest BCUT2D eigenvalue weighted by Crippen LogP contribution is -2.44. The second kappa shape index (κ2) is 10.7. The van der Waals surface area contributed by atoms with E-state index in [4.69, 9.17) is 16.3 Å². The maximum Gasteiger partial charge on any atom is 0.238 e. The van der Waals surface area contributed by atoms with Crippen LogP contribution >= 0.6 is 23.4 Å². The average Bonchev–Trinajstić information content (AvgIpc) is 2.83. The predicted molar refractivity (Wildman–Crippen MR) is 133 cm³/mol. The van der Waals surface area contributed by atoms with Gasteiger partial charge in [-0.2, -0.15) is 0 Å². The first kappa shape index (κ1) is 23.8. The van der Waals surface area contributed by atoms with Gasteiger partial charge in [-0.05, 0) is 60.2 Å². The molecule has 0 unspecified atom stereocenters. The van der Waals surface area contributed by atoms with Crippen molar-refractivity contribution in [2.45, 2.75) is 18.2 Å². The van der Waals surface area contributed by atoms with Crippen molar-refractivity contribution in [2.75, 3.05) is 12.4 Å². The lowest BCUT2D eigenvalue weighted by molar-refractivity contribution is -0.129. The first-order chi connectivity index (χ1) is 16.4. The van der Waals surface area contributed by atoms with E-state index in [2.05, 4.69) is 10.3 Å². The maximum absolute atomic E-state index is 13.4. The Balaban J connectivity index is 1.59. The van der Waals surface area contributed by atoms with Crippen LogP contribution in [0.25, 0.3) is 0 Å². The zero-order valence-corrected chi connectivity index (χ0v) is 19.8. The number of thioether (sulfide) groups is 1. The molecule has 0 spiro atoms. The van der Waals surface area contributed by atoms with Gasteiger partial charge in [0.15, 0.2) is 5.17 Å². The van der Waals surface area contributed by atoms with Crippen molar-refractivity contribution in [2.24, 2.45) is 4.99 Å². The number of hydrogen-bond acceptors (Lipinski definition) is 5. The van der Waals surface area contributed by atoms with Crippen molar-refractivity contribution in [1.82, 2.24) is 4.90 Å². The summed E-state index contributed by atoms with van der Waals surface area (Å²) in [4.78, 5) is 32.2. The van der Waals surface area contributed by atoms with Crippen LogP contribution in [0, 0.1) is 5.82 Å². The Hall–Kier alpha value is -3.36. The maximum atomic E-state index is 13.4. The smallest absolute Gasteiger partial charge is 0.238 e. The van der Waals surface area contributed by atoms with E-state index in [1.807, 2.05) is 24.3 Å². The summed E-state index contributed by atoms with van der Waals surface area (Å²) in [5, 5.41) is 2.99. The molecule has 34 heavy (non-hydrogen) atoms. The third-order valence-corrected chi connectivity index (χ3v) is 6.50. The van der Waals surface area contributed by atoms with Gasteiger partial charge >= 0.3 is 0 Å². The number of benzene rings is 3. The highest BCUT2D eigenvalue weighted by molar-refractivity contribution is 8.15. The summed E-state index contributed by atoms with van der Waals surface area (Å²) in [5.41, 5.74) is 1.90. The number of ether oxygens (including phenoxy) is 1. The molecular formula is C25H21ClFN3O3S. The van der Waals surface area contributed by atoms with Gasteiger partial charge < -0.3 is 10.1 Å². The Labute approximate surface area is 205 Å². The molecule has 9 heteroatoms. The minimum Gasteiger partial charge on any atom is -0.497 e. The number of amides is 2. The molecule has 0 aromatic heterocycles. The van der Waals surface area contributed by atoms with Crippen LogP contribution in [0.2, 0.25) is 5.02 Å². The number of rotatable bonds is 6. The van der Waals surface area contributed by atoms with Gasteiger partial charge in [-0.1, -0.05) is 41.6 Å². The summed E-state index contributed by atoms with van der Waals surface area (Å²) in [6.07, 6.45) is 0.00958. The van der Waals surface area contributed by atoms with Crippen LogP contribution in [-0.2, 0) is 16.1 Å². The molecule has 3 aromatic carbocycles. The van der Waals surface area contributed by atoms with Gasteiger partial charge in [0.25, 0.3) is 0 Å². The van der Waals surface area contributed by atoms with Crippen molar-refractivity contribution >= 4 is 51.7 Å². The minimum absolute atomic E-state index is 0.00958. The second-order valence-electron chi connectivity index (χ2n) is 7.51. The van der Waals surface area contributed by atoms with Crippen molar-refractivity contribution < 1.29 is 18.7 Å². The van der Waals surface area contributed by atoms with E-state index in [9.17, 15) is 14.0 Å². The van der Waals surface area contributed by atoms with Crippen molar-refractivity contribution in [3.63, 3.8) is 0 Å². The number of amidine groups is 1. The van der Waals surface area contributed by atoms with Gasteiger partial charge in [0.05, 0.1) is 19.3 Å². The fraction of sp³-hybridized carbons (Fsp3) is 0.160. The zero-order valence-electron chi connectivity index (χ0n) is 18.2. The fourth-order valence-electron chi connectivity index (χ4n) is 3.33.